The van der Waals surface area contributed by atoms with Crippen molar-refractivity contribution in [1.82, 2.24) is 5.32 Å². The summed E-state index contributed by atoms with van der Waals surface area (Å²) < 4.78 is 23.7. The molecule has 156 valence electrons. The van der Waals surface area contributed by atoms with Crippen LogP contribution in [0.3, 0.4) is 0 Å². The topological polar surface area (TPSA) is 108 Å². The largest absolute Gasteiger partial charge is 0.455 e. The summed E-state index contributed by atoms with van der Waals surface area (Å²) in [5.74, 6) is -1.71. The molecule has 1 rings (SSSR count). The highest BCUT2D eigenvalue weighted by atomic mass is 19.1. The lowest BCUT2D eigenvalue weighted by Gasteiger charge is -2.32. The number of nitrogens with zero attached hydrogens (tertiary/aromatic N) is 1. The zero-order chi connectivity index (χ0) is 21.9. The monoisotopic (exact) mass is 398 g/mol. The van der Waals surface area contributed by atoms with Crippen LogP contribution in [-0.4, -0.2) is 33.7 Å². The second-order valence-corrected chi connectivity index (χ2v) is 8.54. The van der Waals surface area contributed by atoms with Crippen molar-refractivity contribution in [2.75, 3.05) is 0 Å². The van der Waals surface area contributed by atoms with Crippen LogP contribution in [0, 0.1) is 15.9 Å². The van der Waals surface area contributed by atoms with Gasteiger partial charge in [0, 0.05) is 11.8 Å². The van der Waals surface area contributed by atoms with Gasteiger partial charge in [0.25, 0.3) is 0 Å². The summed E-state index contributed by atoms with van der Waals surface area (Å²) in [6, 6.07) is 3.20. The molecule has 2 atom stereocenters. The molecule has 28 heavy (non-hydrogen) atoms. The van der Waals surface area contributed by atoms with E-state index in [9.17, 15) is 24.1 Å². The fourth-order valence-electron chi connectivity index (χ4n) is 2.31. The van der Waals surface area contributed by atoms with Crippen LogP contribution in [0.4, 0.5) is 9.18 Å². The van der Waals surface area contributed by atoms with E-state index in [0.717, 1.165) is 19.1 Å². The second kappa shape index (κ2) is 8.12. The van der Waals surface area contributed by atoms with E-state index in [1.165, 1.54) is 12.1 Å². The maximum atomic E-state index is 13.3. The molecule has 0 saturated heterocycles. The molecule has 0 aliphatic carbocycles. The van der Waals surface area contributed by atoms with Crippen LogP contribution >= 0.6 is 0 Å². The van der Waals surface area contributed by atoms with E-state index in [0.29, 0.717) is 0 Å². The lowest BCUT2D eigenvalue weighted by atomic mass is 9.87. The van der Waals surface area contributed by atoms with Gasteiger partial charge in [-0.15, -0.1) is 0 Å². The highest BCUT2D eigenvalue weighted by Gasteiger charge is 2.57. The number of halogens is 1. The molecule has 1 aromatic carbocycles. The average Bonchev–Trinajstić information content (AvgIpc) is 2.49. The first-order valence-electron chi connectivity index (χ1n) is 8.69. The normalized spacial score (nSPS) is 15.1. The summed E-state index contributed by atoms with van der Waals surface area (Å²) in [6.07, 6.45) is -0.960. The number of benzene rings is 1. The van der Waals surface area contributed by atoms with Gasteiger partial charge in [0.2, 0.25) is 0 Å². The van der Waals surface area contributed by atoms with Gasteiger partial charge in [-0.25, -0.2) is 14.0 Å². The number of rotatable bonds is 5. The summed E-state index contributed by atoms with van der Waals surface area (Å²) in [7, 11) is 0. The SMILES string of the molecule is CC(C)(C)OC(=O)NC(c1ccc(F)cc1)[C@](C)(C(=O)OC(C)(C)C)[N+](=O)[O-]. The van der Waals surface area contributed by atoms with Gasteiger partial charge in [-0.3, -0.25) is 10.1 Å². The first-order valence-corrected chi connectivity index (χ1v) is 8.69. The van der Waals surface area contributed by atoms with Gasteiger partial charge in [-0.2, -0.15) is 0 Å². The first-order chi connectivity index (χ1) is 12.6. The Bertz CT molecular complexity index is 736. The minimum Gasteiger partial charge on any atom is -0.455 e. The fourth-order valence-corrected chi connectivity index (χ4v) is 2.31. The van der Waals surface area contributed by atoms with Crippen LogP contribution < -0.4 is 5.32 Å². The number of amides is 1. The molecule has 1 amide bonds. The molecule has 0 spiro atoms. The highest BCUT2D eigenvalue weighted by Crippen LogP contribution is 2.32. The number of hydrogen-bond acceptors (Lipinski definition) is 6. The number of alkyl carbamates (subject to hydrolysis) is 1. The molecule has 0 radical (unpaired) electrons. The molecule has 0 bridgehead atoms. The van der Waals surface area contributed by atoms with Crippen molar-refractivity contribution in [2.24, 2.45) is 0 Å². The molecular formula is C19H27FN2O6. The molecule has 0 saturated carbocycles. The van der Waals surface area contributed by atoms with Gasteiger partial charge in [0.05, 0.1) is 0 Å². The zero-order valence-electron chi connectivity index (χ0n) is 17.2. The minimum atomic E-state index is -2.39. The van der Waals surface area contributed by atoms with Crippen molar-refractivity contribution in [3.63, 3.8) is 0 Å². The van der Waals surface area contributed by atoms with E-state index in [-0.39, 0.29) is 5.56 Å². The Labute approximate surface area is 163 Å². The van der Waals surface area contributed by atoms with Crippen LogP contribution in [0.25, 0.3) is 0 Å². The maximum absolute atomic E-state index is 13.3. The maximum Gasteiger partial charge on any atom is 0.408 e. The van der Waals surface area contributed by atoms with Gasteiger partial charge in [0.1, 0.15) is 23.1 Å². The third kappa shape index (κ3) is 6.17. The van der Waals surface area contributed by atoms with Gasteiger partial charge in [-0.05, 0) is 59.2 Å². The Hall–Kier alpha value is -2.71. The number of esters is 1. The molecule has 1 aromatic rings. The van der Waals surface area contributed by atoms with Gasteiger partial charge in [-0.1, -0.05) is 12.1 Å². The molecule has 0 aliphatic rings. The van der Waals surface area contributed by atoms with Crippen LogP contribution in [0.2, 0.25) is 0 Å². The van der Waals surface area contributed by atoms with Crippen molar-refractivity contribution in [2.45, 2.75) is 71.2 Å². The minimum absolute atomic E-state index is 0.150. The molecule has 9 heteroatoms. The molecule has 0 fully saturated rings. The summed E-state index contributed by atoms with van der Waals surface area (Å²) in [5, 5.41) is 14.3. The van der Waals surface area contributed by atoms with Crippen molar-refractivity contribution in [3.8, 4) is 0 Å². The van der Waals surface area contributed by atoms with Crippen molar-refractivity contribution >= 4 is 12.1 Å². The second-order valence-electron chi connectivity index (χ2n) is 8.54. The van der Waals surface area contributed by atoms with E-state index in [4.69, 9.17) is 9.47 Å². The number of nitrogens with one attached hydrogen (secondary N) is 1. The van der Waals surface area contributed by atoms with Crippen LogP contribution in [0.15, 0.2) is 24.3 Å². The quantitative estimate of drug-likeness (QED) is 0.459. The van der Waals surface area contributed by atoms with Gasteiger partial charge in [0.15, 0.2) is 0 Å². The molecular weight excluding hydrogens is 371 g/mol. The summed E-state index contributed by atoms with van der Waals surface area (Å²) in [6.45, 7) is 10.6. The Morgan fingerprint density at radius 2 is 1.46 bits per heavy atom. The Balaban J connectivity index is 3.43. The van der Waals surface area contributed by atoms with Crippen LogP contribution in [-0.2, 0) is 14.3 Å². The number of carbonyl (C=O) groups is 2. The lowest BCUT2D eigenvalue weighted by molar-refractivity contribution is -0.557. The molecule has 1 unspecified atom stereocenters. The molecule has 0 heterocycles. The molecule has 0 aliphatic heterocycles. The standard InChI is InChI=1S/C19H27FN2O6/c1-17(2,3)27-15(23)19(7,22(25)26)14(12-8-10-13(20)11-9-12)21-16(24)28-18(4,5)6/h8-11,14H,1-7H3,(H,21,24)/t14?,19-/m1/s1. The van der Waals surface area contributed by atoms with Crippen molar-refractivity contribution in [3.05, 3.63) is 45.8 Å². The predicted octanol–water partition coefficient (Wildman–Crippen LogP) is 3.77. The first kappa shape index (κ1) is 23.3. The van der Waals surface area contributed by atoms with Crippen LogP contribution in [0.5, 0.6) is 0 Å². The van der Waals surface area contributed by atoms with E-state index < -0.39 is 45.6 Å². The Kier molecular flexibility index (Phi) is 6.76. The van der Waals surface area contributed by atoms with Gasteiger partial charge >= 0.3 is 17.6 Å². The summed E-state index contributed by atoms with van der Waals surface area (Å²) >= 11 is 0. The van der Waals surface area contributed by atoms with Crippen LogP contribution in [0.1, 0.15) is 60.1 Å². The van der Waals surface area contributed by atoms with Crippen molar-refractivity contribution in [1.29, 1.82) is 0 Å². The van der Waals surface area contributed by atoms with E-state index in [1.807, 2.05) is 0 Å². The third-order valence-corrected chi connectivity index (χ3v) is 3.62. The lowest BCUT2D eigenvalue weighted by Crippen LogP contribution is -2.57. The number of carbonyl (C=O) groups excluding carboxylic acids is 2. The van der Waals surface area contributed by atoms with Gasteiger partial charge < -0.3 is 14.8 Å². The third-order valence-electron chi connectivity index (χ3n) is 3.62. The average molecular weight is 398 g/mol. The summed E-state index contributed by atoms with van der Waals surface area (Å²) in [4.78, 5) is 36.2. The Morgan fingerprint density at radius 3 is 1.86 bits per heavy atom. The predicted molar refractivity (Wildman–Crippen MR) is 99.8 cm³/mol. The van der Waals surface area contributed by atoms with E-state index in [1.54, 1.807) is 41.5 Å². The number of ether oxygens (including phenoxy) is 2. The van der Waals surface area contributed by atoms with E-state index in [2.05, 4.69) is 5.32 Å². The smallest absolute Gasteiger partial charge is 0.408 e. The molecule has 1 N–H and O–H groups in total. The molecule has 8 nitrogen and oxygen atoms in total. The highest BCUT2D eigenvalue weighted by molar-refractivity contribution is 5.82. The summed E-state index contributed by atoms with van der Waals surface area (Å²) in [5.41, 5.74) is -4.10. The fraction of sp³-hybridized carbons (Fsp3) is 0.579. The van der Waals surface area contributed by atoms with Crippen molar-refractivity contribution < 1.29 is 28.4 Å². The van der Waals surface area contributed by atoms with E-state index >= 15 is 0 Å². The zero-order valence-corrected chi connectivity index (χ0v) is 17.2. The Morgan fingerprint density at radius 1 is 1.00 bits per heavy atom. The molecule has 0 aromatic heterocycles. The number of hydrogen-bond donors (Lipinski definition) is 1. The number of nitro groups is 1.